The van der Waals surface area contributed by atoms with Crippen LogP contribution in [0.5, 0.6) is 0 Å². The van der Waals surface area contributed by atoms with Gasteiger partial charge in [0.05, 0.1) is 29.4 Å². The average molecular weight is 449 g/mol. The highest BCUT2D eigenvalue weighted by molar-refractivity contribution is 5.98. The number of rotatable bonds is 5. The van der Waals surface area contributed by atoms with Crippen molar-refractivity contribution in [2.24, 2.45) is 0 Å². The molecule has 1 N–H and O–H groups in total. The molecule has 2 aromatic carbocycles. The SMILES string of the molecule is Cc1nc(CC(C)(F)F)c(-c2cc(C(=O)N3CC(c4ccc(C#N)cc4)C3)c(C)cc2C)[nH]1. The third-order valence-electron chi connectivity index (χ3n) is 6.13. The number of amides is 1. The summed E-state index contributed by atoms with van der Waals surface area (Å²) in [5.41, 5.74) is 5.59. The fraction of sp³-hybridized carbons (Fsp3) is 0.346. The lowest BCUT2D eigenvalue weighted by atomic mass is 9.89. The molecule has 0 spiro atoms. The maximum Gasteiger partial charge on any atom is 0.254 e. The number of likely N-dealkylation sites (tertiary alicyclic amines) is 1. The quantitative estimate of drug-likeness (QED) is 0.575. The Hall–Kier alpha value is -3.53. The molecular weight excluding hydrogens is 422 g/mol. The molecular formula is C26H26F2N4O. The molecule has 1 saturated heterocycles. The second-order valence-electron chi connectivity index (χ2n) is 9.01. The Labute approximate surface area is 192 Å². The van der Waals surface area contributed by atoms with Gasteiger partial charge in [0.2, 0.25) is 0 Å². The van der Waals surface area contributed by atoms with Gasteiger partial charge in [-0.1, -0.05) is 18.2 Å². The van der Waals surface area contributed by atoms with Gasteiger partial charge in [0, 0.05) is 30.1 Å². The van der Waals surface area contributed by atoms with Crippen LogP contribution in [0.25, 0.3) is 11.3 Å². The van der Waals surface area contributed by atoms with Crippen LogP contribution in [-0.4, -0.2) is 39.8 Å². The molecule has 1 aromatic heterocycles. The summed E-state index contributed by atoms with van der Waals surface area (Å²) in [5, 5.41) is 8.96. The number of nitriles is 1. The van der Waals surface area contributed by atoms with Gasteiger partial charge in [-0.3, -0.25) is 4.79 Å². The summed E-state index contributed by atoms with van der Waals surface area (Å²) in [6, 6.07) is 13.3. The summed E-state index contributed by atoms with van der Waals surface area (Å²) in [6.45, 7) is 7.62. The third kappa shape index (κ3) is 4.65. The van der Waals surface area contributed by atoms with Crippen LogP contribution in [0.15, 0.2) is 36.4 Å². The fourth-order valence-electron chi connectivity index (χ4n) is 4.39. The van der Waals surface area contributed by atoms with Crippen LogP contribution in [0.3, 0.4) is 0 Å². The number of alkyl halides is 2. The summed E-state index contributed by atoms with van der Waals surface area (Å²) in [4.78, 5) is 22.5. The highest BCUT2D eigenvalue weighted by Crippen LogP contribution is 2.33. The molecule has 1 amide bonds. The number of hydrogen-bond donors (Lipinski definition) is 1. The first kappa shape index (κ1) is 22.7. The number of benzene rings is 2. The van der Waals surface area contributed by atoms with Crippen molar-refractivity contribution in [1.29, 1.82) is 5.26 Å². The first-order chi connectivity index (χ1) is 15.6. The predicted molar refractivity (Wildman–Crippen MR) is 122 cm³/mol. The van der Waals surface area contributed by atoms with Gasteiger partial charge in [-0.05, 0) is 62.6 Å². The Bertz CT molecular complexity index is 1240. The number of nitrogens with zero attached hydrogens (tertiary/aromatic N) is 3. The zero-order valence-corrected chi connectivity index (χ0v) is 19.2. The maximum absolute atomic E-state index is 13.7. The van der Waals surface area contributed by atoms with Crippen molar-refractivity contribution in [2.75, 3.05) is 13.1 Å². The van der Waals surface area contributed by atoms with Crippen molar-refractivity contribution in [3.8, 4) is 17.3 Å². The van der Waals surface area contributed by atoms with E-state index in [4.69, 9.17) is 5.26 Å². The Kier molecular flexibility index (Phi) is 5.79. The van der Waals surface area contributed by atoms with Gasteiger partial charge in [0.15, 0.2) is 0 Å². The summed E-state index contributed by atoms with van der Waals surface area (Å²) in [7, 11) is 0. The molecule has 170 valence electrons. The maximum atomic E-state index is 13.7. The van der Waals surface area contributed by atoms with Crippen molar-refractivity contribution in [2.45, 2.75) is 46.0 Å². The van der Waals surface area contributed by atoms with E-state index in [-0.39, 0.29) is 11.8 Å². The Morgan fingerprint density at radius 3 is 2.45 bits per heavy atom. The number of halogens is 2. The number of aromatic amines is 1. The fourth-order valence-corrected chi connectivity index (χ4v) is 4.39. The van der Waals surface area contributed by atoms with Gasteiger partial charge in [0.1, 0.15) is 5.82 Å². The average Bonchev–Trinajstić information content (AvgIpc) is 3.05. The minimum absolute atomic E-state index is 0.0720. The molecule has 7 heteroatoms. The number of imidazole rings is 1. The zero-order valence-electron chi connectivity index (χ0n) is 19.2. The van der Waals surface area contributed by atoms with Crippen LogP contribution in [0.2, 0.25) is 0 Å². The summed E-state index contributed by atoms with van der Waals surface area (Å²) in [5.74, 6) is -2.16. The van der Waals surface area contributed by atoms with Gasteiger partial charge in [-0.15, -0.1) is 0 Å². The molecule has 4 rings (SSSR count). The molecule has 33 heavy (non-hydrogen) atoms. The number of hydrogen-bond acceptors (Lipinski definition) is 3. The lowest BCUT2D eigenvalue weighted by molar-refractivity contribution is 0.0218. The van der Waals surface area contributed by atoms with Crippen LogP contribution in [0.4, 0.5) is 8.78 Å². The third-order valence-corrected chi connectivity index (χ3v) is 6.13. The van der Waals surface area contributed by atoms with Crippen molar-refractivity contribution in [3.63, 3.8) is 0 Å². The van der Waals surface area contributed by atoms with E-state index in [0.29, 0.717) is 47.0 Å². The molecule has 0 atom stereocenters. The van der Waals surface area contributed by atoms with Gasteiger partial charge < -0.3 is 9.88 Å². The number of H-pyrrole nitrogens is 1. The van der Waals surface area contributed by atoms with Crippen LogP contribution in [-0.2, 0) is 6.42 Å². The first-order valence-electron chi connectivity index (χ1n) is 10.9. The number of nitrogens with one attached hydrogen (secondary N) is 1. The van der Waals surface area contributed by atoms with E-state index < -0.39 is 12.3 Å². The molecule has 0 saturated carbocycles. The standard InChI is InChI=1S/C26H26F2N4O/c1-15-9-16(2)22(10-21(15)24-23(11-26(4,27)28)30-17(3)31-24)25(33)32-13-20(14-32)19-7-5-18(12-29)6-8-19/h5-10,20H,11,13-14H2,1-4H3,(H,30,31). The lowest BCUT2D eigenvalue weighted by Crippen LogP contribution is -2.48. The van der Waals surface area contributed by atoms with Crippen LogP contribution < -0.4 is 0 Å². The summed E-state index contributed by atoms with van der Waals surface area (Å²) >= 11 is 0. The highest BCUT2D eigenvalue weighted by Gasteiger charge is 2.33. The van der Waals surface area contributed by atoms with E-state index in [1.807, 2.05) is 32.0 Å². The number of carbonyl (C=O) groups excluding carboxylic acids is 1. The van der Waals surface area contributed by atoms with Gasteiger partial charge in [-0.2, -0.15) is 5.26 Å². The first-order valence-corrected chi connectivity index (χ1v) is 10.9. The minimum atomic E-state index is -2.88. The Balaban J connectivity index is 1.58. The van der Waals surface area contributed by atoms with E-state index in [1.165, 1.54) is 0 Å². The molecule has 0 aliphatic carbocycles. The molecule has 1 fully saturated rings. The van der Waals surface area contributed by atoms with Gasteiger partial charge in [-0.25, -0.2) is 13.8 Å². The second kappa shape index (κ2) is 8.43. The van der Waals surface area contributed by atoms with Crippen molar-refractivity contribution in [1.82, 2.24) is 14.9 Å². The van der Waals surface area contributed by atoms with E-state index in [0.717, 1.165) is 23.6 Å². The van der Waals surface area contributed by atoms with Gasteiger partial charge in [0.25, 0.3) is 11.8 Å². The largest absolute Gasteiger partial charge is 0.342 e. The monoisotopic (exact) mass is 448 g/mol. The number of aromatic nitrogens is 2. The highest BCUT2D eigenvalue weighted by atomic mass is 19.3. The predicted octanol–water partition coefficient (Wildman–Crippen LogP) is 5.31. The lowest BCUT2D eigenvalue weighted by Gasteiger charge is -2.40. The molecule has 0 bridgehead atoms. The molecule has 0 unspecified atom stereocenters. The van der Waals surface area contributed by atoms with Crippen molar-refractivity contribution in [3.05, 3.63) is 75.7 Å². The van der Waals surface area contributed by atoms with E-state index in [9.17, 15) is 13.6 Å². The Morgan fingerprint density at radius 2 is 1.85 bits per heavy atom. The van der Waals surface area contributed by atoms with Crippen LogP contribution >= 0.6 is 0 Å². The van der Waals surface area contributed by atoms with Gasteiger partial charge >= 0.3 is 0 Å². The smallest absolute Gasteiger partial charge is 0.254 e. The normalized spacial score (nSPS) is 14.2. The molecule has 2 heterocycles. The van der Waals surface area contributed by atoms with E-state index >= 15 is 0 Å². The Morgan fingerprint density at radius 1 is 1.18 bits per heavy atom. The topological polar surface area (TPSA) is 72.8 Å². The van der Waals surface area contributed by atoms with Crippen molar-refractivity contribution >= 4 is 5.91 Å². The van der Waals surface area contributed by atoms with Crippen molar-refractivity contribution < 1.29 is 13.6 Å². The summed E-state index contributed by atoms with van der Waals surface area (Å²) < 4.78 is 27.5. The number of carbonyl (C=O) groups is 1. The summed E-state index contributed by atoms with van der Waals surface area (Å²) in [6.07, 6.45) is -0.471. The number of aryl methyl sites for hydroxylation is 3. The van der Waals surface area contributed by atoms with Crippen LogP contribution in [0, 0.1) is 32.1 Å². The molecule has 5 nitrogen and oxygen atoms in total. The zero-order chi connectivity index (χ0) is 23.9. The van der Waals surface area contributed by atoms with E-state index in [1.54, 1.807) is 30.0 Å². The molecule has 3 aromatic rings. The van der Waals surface area contributed by atoms with Crippen LogP contribution in [0.1, 0.15) is 57.0 Å². The molecule has 0 radical (unpaired) electrons. The molecule has 1 aliphatic rings. The second-order valence-corrected chi connectivity index (χ2v) is 9.01. The van der Waals surface area contributed by atoms with E-state index in [2.05, 4.69) is 16.0 Å². The molecule has 1 aliphatic heterocycles. The minimum Gasteiger partial charge on any atom is -0.342 e.